The van der Waals surface area contributed by atoms with Gasteiger partial charge in [0, 0.05) is 39.0 Å². The van der Waals surface area contributed by atoms with Gasteiger partial charge in [-0.15, -0.1) is 22.7 Å². The summed E-state index contributed by atoms with van der Waals surface area (Å²) in [6, 6.07) is 12.7. The molecular formula is C23H23N3O4S2. The summed E-state index contributed by atoms with van der Waals surface area (Å²) in [5.41, 5.74) is 2.14. The Bertz CT molecular complexity index is 1140. The molecule has 1 aromatic carbocycles. The van der Waals surface area contributed by atoms with Crippen molar-refractivity contribution in [1.82, 2.24) is 5.32 Å². The number of thiophene rings is 2. The zero-order chi connectivity index (χ0) is 22.7. The molecule has 7 nitrogen and oxygen atoms in total. The van der Waals surface area contributed by atoms with Gasteiger partial charge in [-0.1, -0.05) is 12.1 Å². The Morgan fingerprint density at radius 3 is 2.72 bits per heavy atom. The van der Waals surface area contributed by atoms with E-state index in [1.807, 2.05) is 42.6 Å². The van der Waals surface area contributed by atoms with Crippen molar-refractivity contribution < 1.29 is 19.5 Å². The van der Waals surface area contributed by atoms with Crippen molar-refractivity contribution in [3.63, 3.8) is 0 Å². The van der Waals surface area contributed by atoms with Crippen molar-refractivity contribution in [3.05, 3.63) is 68.0 Å². The Balaban J connectivity index is 1.34. The number of aliphatic hydroxyl groups excluding tert-OH is 1. The molecule has 1 atom stereocenters. The van der Waals surface area contributed by atoms with E-state index < -0.39 is 17.9 Å². The second kappa shape index (κ2) is 9.64. The zero-order valence-electron chi connectivity index (χ0n) is 17.5. The van der Waals surface area contributed by atoms with Crippen molar-refractivity contribution in [2.75, 3.05) is 16.8 Å². The van der Waals surface area contributed by atoms with Crippen LogP contribution in [-0.2, 0) is 20.9 Å². The lowest BCUT2D eigenvalue weighted by Crippen LogP contribution is -2.34. The van der Waals surface area contributed by atoms with Gasteiger partial charge in [-0.25, -0.2) is 0 Å². The molecule has 3 aromatic rings. The molecule has 1 aliphatic heterocycles. The van der Waals surface area contributed by atoms with Crippen molar-refractivity contribution in [3.8, 4) is 0 Å². The number of hydrogen-bond acceptors (Lipinski definition) is 6. The van der Waals surface area contributed by atoms with Gasteiger partial charge in [-0.05, 0) is 54.6 Å². The first-order valence-corrected chi connectivity index (χ1v) is 11.9. The van der Waals surface area contributed by atoms with Gasteiger partial charge in [0.1, 0.15) is 6.10 Å². The monoisotopic (exact) mass is 469 g/mol. The largest absolute Gasteiger partial charge is 0.382 e. The van der Waals surface area contributed by atoms with Crippen LogP contribution < -0.4 is 15.5 Å². The zero-order valence-corrected chi connectivity index (χ0v) is 19.1. The molecular weight excluding hydrogens is 446 g/mol. The lowest BCUT2D eigenvalue weighted by Gasteiger charge is -2.19. The first-order valence-electron chi connectivity index (χ1n) is 10.2. The Morgan fingerprint density at radius 1 is 1.16 bits per heavy atom. The summed E-state index contributed by atoms with van der Waals surface area (Å²) >= 11 is 2.87. The van der Waals surface area contributed by atoms with Crippen LogP contribution in [0.3, 0.4) is 0 Å². The van der Waals surface area contributed by atoms with Crippen molar-refractivity contribution >= 4 is 51.8 Å². The van der Waals surface area contributed by atoms with E-state index in [1.54, 1.807) is 17.0 Å². The number of benzene rings is 1. The molecule has 166 valence electrons. The minimum absolute atomic E-state index is 0.0637. The Hall–Kier alpha value is -3.01. The van der Waals surface area contributed by atoms with E-state index in [2.05, 4.69) is 10.6 Å². The molecule has 32 heavy (non-hydrogen) atoms. The number of carbonyl (C=O) groups is 3. The van der Waals surface area contributed by atoms with E-state index in [4.69, 9.17) is 0 Å². The summed E-state index contributed by atoms with van der Waals surface area (Å²) in [6.45, 7) is 2.75. The Kier molecular flexibility index (Phi) is 6.69. The van der Waals surface area contributed by atoms with Gasteiger partial charge in [0.25, 0.3) is 0 Å². The van der Waals surface area contributed by atoms with Crippen LogP contribution in [0, 0.1) is 6.92 Å². The second-order valence-electron chi connectivity index (χ2n) is 7.51. The first kappa shape index (κ1) is 22.2. The van der Waals surface area contributed by atoms with E-state index in [0.29, 0.717) is 18.7 Å². The fourth-order valence-corrected chi connectivity index (χ4v) is 5.30. The van der Waals surface area contributed by atoms with Crippen LogP contribution in [0.4, 0.5) is 11.4 Å². The standard InChI is InChI=1S/C23H23N3O4S2/c1-14-6-7-15(12-17(14)26-10-2-5-20(26)27)25-23(30)22(29)24-13-16-8-9-19(32-16)21(28)18-4-3-11-31-18/h3-4,6-9,11-12,21,28H,2,5,10,13H2,1H3,(H,24,29)(H,25,30). The molecule has 3 heterocycles. The summed E-state index contributed by atoms with van der Waals surface area (Å²) in [4.78, 5) is 40.9. The van der Waals surface area contributed by atoms with Gasteiger partial charge in [0.2, 0.25) is 5.91 Å². The smallest absolute Gasteiger partial charge is 0.313 e. The molecule has 1 fully saturated rings. The molecule has 0 saturated carbocycles. The Morgan fingerprint density at radius 2 is 2.00 bits per heavy atom. The van der Waals surface area contributed by atoms with Crippen LogP contribution in [0.1, 0.15) is 39.1 Å². The highest BCUT2D eigenvalue weighted by Crippen LogP contribution is 2.31. The number of carbonyl (C=O) groups excluding carboxylic acids is 3. The third-order valence-corrected chi connectivity index (χ3v) is 7.29. The third-order valence-electron chi connectivity index (χ3n) is 5.23. The normalized spacial score (nSPS) is 14.4. The van der Waals surface area contributed by atoms with Crippen LogP contribution >= 0.6 is 22.7 Å². The van der Waals surface area contributed by atoms with Crippen LogP contribution in [0.5, 0.6) is 0 Å². The van der Waals surface area contributed by atoms with Crippen molar-refractivity contribution in [2.24, 2.45) is 0 Å². The van der Waals surface area contributed by atoms with Gasteiger partial charge in [-0.2, -0.15) is 0 Å². The first-order chi connectivity index (χ1) is 15.4. The number of anilines is 2. The highest BCUT2D eigenvalue weighted by Gasteiger charge is 2.24. The summed E-state index contributed by atoms with van der Waals surface area (Å²) in [7, 11) is 0. The molecule has 1 aliphatic rings. The molecule has 0 bridgehead atoms. The minimum Gasteiger partial charge on any atom is -0.382 e. The number of amides is 3. The molecule has 0 radical (unpaired) electrons. The summed E-state index contributed by atoms with van der Waals surface area (Å²) in [5.74, 6) is -1.46. The van der Waals surface area contributed by atoms with E-state index in [0.717, 1.165) is 32.3 Å². The lowest BCUT2D eigenvalue weighted by molar-refractivity contribution is -0.136. The highest BCUT2D eigenvalue weighted by molar-refractivity contribution is 7.12. The quantitative estimate of drug-likeness (QED) is 0.481. The molecule has 3 amide bonds. The molecule has 4 rings (SSSR count). The van der Waals surface area contributed by atoms with E-state index in [1.165, 1.54) is 22.7 Å². The second-order valence-corrected chi connectivity index (χ2v) is 9.69. The predicted molar refractivity (Wildman–Crippen MR) is 126 cm³/mol. The van der Waals surface area contributed by atoms with Crippen molar-refractivity contribution in [1.29, 1.82) is 0 Å². The van der Waals surface area contributed by atoms with E-state index >= 15 is 0 Å². The fraction of sp³-hybridized carbons (Fsp3) is 0.261. The average molecular weight is 470 g/mol. The van der Waals surface area contributed by atoms with Gasteiger partial charge in [-0.3, -0.25) is 14.4 Å². The third kappa shape index (κ3) is 4.90. The number of nitrogens with one attached hydrogen (secondary N) is 2. The number of nitrogens with zero attached hydrogens (tertiary/aromatic N) is 1. The van der Waals surface area contributed by atoms with Crippen LogP contribution in [0.15, 0.2) is 47.8 Å². The lowest BCUT2D eigenvalue weighted by atomic mass is 10.1. The highest BCUT2D eigenvalue weighted by atomic mass is 32.1. The fourth-order valence-electron chi connectivity index (χ4n) is 3.54. The van der Waals surface area contributed by atoms with E-state index in [-0.39, 0.29) is 12.5 Å². The van der Waals surface area contributed by atoms with Gasteiger partial charge in [0.05, 0.1) is 6.54 Å². The van der Waals surface area contributed by atoms with E-state index in [9.17, 15) is 19.5 Å². The number of aliphatic hydroxyl groups is 1. The van der Waals surface area contributed by atoms with Gasteiger partial charge >= 0.3 is 11.8 Å². The predicted octanol–water partition coefficient (Wildman–Crippen LogP) is 3.58. The maximum atomic E-state index is 12.3. The maximum Gasteiger partial charge on any atom is 0.313 e. The summed E-state index contributed by atoms with van der Waals surface area (Å²) in [6.07, 6.45) is 0.644. The number of hydrogen-bond donors (Lipinski definition) is 3. The maximum absolute atomic E-state index is 12.3. The van der Waals surface area contributed by atoms with Crippen LogP contribution in [-0.4, -0.2) is 29.4 Å². The van der Waals surface area contributed by atoms with Crippen LogP contribution in [0.2, 0.25) is 0 Å². The molecule has 1 saturated heterocycles. The average Bonchev–Trinajstić information content (AvgIpc) is 3.55. The SMILES string of the molecule is Cc1ccc(NC(=O)C(=O)NCc2ccc(C(O)c3cccs3)s2)cc1N1CCCC1=O. The number of rotatable bonds is 6. The molecule has 0 spiro atoms. The van der Waals surface area contributed by atoms with Gasteiger partial charge in [0.15, 0.2) is 0 Å². The number of aryl methyl sites for hydroxylation is 1. The van der Waals surface area contributed by atoms with Crippen molar-refractivity contribution in [2.45, 2.75) is 32.4 Å². The summed E-state index contributed by atoms with van der Waals surface area (Å²) in [5, 5.41) is 17.5. The minimum atomic E-state index is -0.775. The Labute approximate surface area is 193 Å². The van der Waals surface area contributed by atoms with Gasteiger partial charge < -0.3 is 20.6 Å². The molecule has 9 heteroatoms. The molecule has 0 aliphatic carbocycles. The summed E-state index contributed by atoms with van der Waals surface area (Å²) < 4.78 is 0. The molecule has 2 aromatic heterocycles. The molecule has 1 unspecified atom stereocenters. The topological polar surface area (TPSA) is 98.7 Å². The van der Waals surface area contributed by atoms with Crippen LogP contribution in [0.25, 0.3) is 0 Å². The molecule has 3 N–H and O–H groups in total.